The van der Waals surface area contributed by atoms with Gasteiger partial charge in [0.1, 0.15) is 18.1 Å². The Bertz CT molecular complexity index is 1580. The van der Waals surface area contributed by atoms with Crippen molar-refractivity contribution in [3.63, 3.8) is 0 Å². The number of amides is 3. The Balaban J connectivity index is 1.50. The summed E-state index contributed by atoms with van der Waals surface area (Å²) in [5.41, 5.74) is 9.39. The highest BCUT2D eigenvalue weighted by molar-refractivity contribution is 7.80. The number of aliphatic hydroxyl groups is 1. The molecule has 0 saturated heterocycles. The van der Waals surface area contributed by atoms with Gasteiger partial charge in [-0.1, -0.05) is 36.4 Å². The number of para-hydroxylation sites is 2. The van der Waals surface area contributed by atoms with Crippen molar-refractivity contribution in [3.8, 4) is 0 Å². The number of aliphatic hydroxyl groups excluding tert-OH is 1. The van der Waals surface area contributed by atoms with Crippen LogP contribution in [0.25, 0.3) is 21.8 Å². The maximum atomic E-state index is 13.4. The van der Waals surface area contributed by atoms with Gasteiger partial charge in [-0.05, 0) is 36.6 Å². The Morgan fingerprint density at radius 2 is 1.33 bits per heavy atom. The molecule has 2 aromatic carbocycles. The average molecular weight is 595 g/mol. The van der Waals surface area contributed by atoms with Crippen molar-refractivity contribution in [2.75, 3.05) is 5.75 Å². The van der Waals surface area contributed by atoms with Crippen LogP contribution in [0.2, 0.25) is 0 Å². The monoisotopic (exact) mass is 594 g/mol. The number of carboxylic acids is 1. The summed E-state index contributed by atoms with van der Waals surface area (Å²) < 4.78 is 0. The predicted octanol–water partition coefficient (Wildman–Crippen LogP) is 0.611. The summed E-state index contributed by atoms with van der Waals surface area (Å²) in [5.74, 6) is -3.72. The fraction of sp³-hybridized carbons (Fsp3) is 0.310. The highest BCUT2D eigenvalue weighted by Crippen LogP contribution is 2.20. The summed E-state index contributed by atoms with van der Waals surface area (Å²) in [6.45, 7) is 1.33. The molecule has 12 nitrogen and oxygen atoms in total. The van der Waals surface area contributed by atoms with Gasteiger partial charge in [-0.25, -0.2) is 4.79 Å². The minimum absolute atomic E-state index is 0.00104. The van der Waals surface area contributed by atoms with Gasteiger partial charge < -0.3 is 41.9 Å². The molecule has 0 aliphatic carbocycles. The number of H-pyrrole nitrogens is 2. The SMILES string of the molecule is CC(O)C(NC(=O)C(N)Cc1c[nH]c2ccccc12)C(=O)NC(Cc1c[nH]c2ccccc12)C(=O)NC(CS)C(=O)O. The minimum Gasteiger partial charge on any atom is -0.480 e. The van der Waals surface area contributed by atoms with Gasteiger partial charge in [0.05, 0.1) is 12.1 Å². The first kappa shape index (κ1) is 30.6. The van der Waals surface area contributed by atoms with Gasteiger partial charge in [-0.3, -0.25) is 14.4 Å². The molecule has 4 rings (SSSR count). The van der Waals surface area contributed by atoms with Crippen LogP contribution in [0.15, 0.2) is 60.9 Å². The number of aliphatic carboxylic acids is 1. The van der Waals surface area contributed by atoms with E-state index < -0.39 is 54.0 Å². The number of hydrogen-bond acceptors (Lipinski definition) is 7. The summed E-state index contributed by atoms with van der Waals surface area (Å²) >= 11 is 3.99. The van der Waals surface area contributed by atoms with Crippen molar-refractivity contribution < 1.29 is 29.4 Å². The van der Waals surface area contributed by atoms with E-state index in [4.69, 9.17) is 5.73 Å². The van der Waals surface area contributed by atoms with Crippen molar-refractivity contribution >= 4 is 58.1 Å². The summed E-state index contributed by atoms with van der Waals surface area (Å²) in [6.07, 6.45) is 2.30. The first-order chi connectivity index (χ1) is 20.1. The lowest BCUT2D eigenvalue weighted by atomic mass is 10.0. The normalized spacial score (nSPS) is 15.0. The van der Waals surface area contributed by atoms with Crippen molar-refractivity contribution in [1.82, 2.24) is 25.9 Å². The molecule has 0 fully saturated rings. The van der Waals surface area contributed by atoms with E-state index in [0.29, 0.717) is 5.56 Å². The molecule has 0 radical (unpaired) electrons. The molecule has 0 aliphatic heterocycles. The van der Waals surface area contributed by atoms with Gasteiger partial charge in [0, 0.05) is 46.4 Å². The number of nitrogens with one attached hydrogen (secondary N) is 5. The van der Waals surface area contributed by atoms with Crippen LogP contribution in [-0.4, -0.2) is 79.9 Å². The molecule has 0 saturated carbocycles. The van der Waals surface area contributed by atoms with Crippen molar-refractivity contribution in [3.05, 3.63) is 72.1 Å². The molecule has 2 aromatic heterocycles. The zero-order valence-electron chi connectivity index (χ0n) is 22.8. The summed E-state index contributed by atoms with van der Waals surface area (Å²) in [4.78, 5) is 57.4. The minimum atomic E-state index is -1.44. The van der Waals surface area contributed by atoms with Crippen LogP contribution in [-0.2, 0) is 32.0 Å². The third-order valence-electron chi connectivity index (χ3n) is 7.04. The van der Waals surface area contributed by atoms with Gasteiger partial charge in [-0.2, -0.15) is 12.6 Å². The molecule has 42 heavy (non-hydrogen) atoms. The molecule has 3 amide bonds. The number of aromatic amines is 2. The first-order valence-corrected chi connectivity index (χ1v) is 14.0. The third kappa shape index (κ3) is 7.11. The number of fused-ring (bicyclic) bond motifs is 2. The maximum absolute atomic E-state index is 13.4. The Hall–Kier alpha value is -4.33. The molecule has 5 atom stereocenters. The lowest BCUT2D eigenvalue weighted by molar-refractivity contribution is -0.141. The third-order valence-corrected chi connectivity index (χ3v) is 7.41. The number of carbonyl (C=O) groups is 4. The standard InChI is InChI=1S/C29H34N6O6S/c1-15(36)25(35-26(37)20(30)10-16-12-31-21-8-4-2-6-18(16)21)28(39)33-23(27(38)34-24(14-42)29(40)41)11-17-13-32-22-9-5-3-7-19(17)22/h2-9,12-13,15,20,23-25,31-32,36,42H,10-11,14,30H2,1H3,(H,33,39)(H,34,38)(H,35,37)(H,40,41). The molecule has 5 unspecified atom stereocenters. The number of carboxylic acid groups (broad SMARTS) is 1. The highest BCUT2D eigenvalue weighted by Gasteiger charge is 2.33. The van der Waals surface area contributed by atoms with Gasteiger partial charge in [0.15, 0.2) is 0 Å². The molecule has 0 spiro atoms. The smallest absolute Gasteiger partial charge is 0.327 e. The van der Waals surface area contributed by atoms with E-state index in [1.54, 1.807) is 12.4 Å². The number of nitrogens with two attached hydrogens (primary N) is 1. The second-order valence-electron chi connectivity index (χ2n) is 10.1. The molecule has 222 valence electrons. The molecular formula is C29H34N6O6S. The van der Waals surface area contributed by atoms with Crippen LogP contribution < -0.4 is 21.7 Å². The van der Waals surface area contributed by atoms with Crippen molar-refractivity contribution in [1.29, 1.82) is 0 Å². The summed E-state index contributed by atoms with van der Waals surface area (Å²) in [6, 6.07) is 9.92. The number of aromatic nitrogens is 2. The van der Waals surface area contributed by atoms with Gasteiger partial charge in [-0.15, -0.1) is 0 Å². The summed E-state index contributed by atoms with van der Waals surface area (Å²) in [5, 5.41) is 29.0. The predicted molar refractivity (Wildman–Crippen MR) is 161 cm³/mol. The maximum Gasteiger partial charge on any atom is 0.327 e. The number of hydrogen-bond donors (Lipinski definition) is 9. The van der Waals surface area contributed by atoms with Crippen LogP contribution in [0, 0.1) is 0 Å². The fourth-order valence-electron chi connectivity index (χ4n) is 4.74. The van der Waals surface area contributed by atoms with E-state index >= 15 is 0 Å². The highest BCUT2D eigenvalue weighted by atomic mass is 32.1. The van der Waals surface area contributed by atoms with Crippen LogP contribution in [0.1, 0.15) is 18.1 Å². The van der Waals surface area contributed by atoms with Crippen LogP contribution in [0.3, 0.4) is 0 Å². The zero-order chi connectivity index (χ0) is 30.4. The van der Waals surface area contributed by atoms with Crippen molar-refractivity contribution in [2.24, 2.45) is 5.73 Å². The summed E-state index contributed by atoms with van der Waals surface area (Å²) in [7, 11) is 0. The molecule has 13 heteroatoms. The average Bonchev–Trinajstić information content (AvgIpc) is 3.57. The van der Waals surface area contributed by atoms with E-state index in [1.807, 2.05) is 48.5 Å². The number of rotatable bonds is 13. The van der Waals surface area contributed by atoms with Gasteiger partial charge >= 0.3 is 5.97 Å². The molecule has 4 aromatic rings. The quantitative estimate of drug-likeness (QED) is 0.101. The Kier molecular flexibility index (Phi) is 9.88. The number of thiol groups is 1. The largest absolute Gasteiger partial charge is 0.480 e. The molecular weight excluding hydrogens is 560 g/mol. The Labute approximate surface area is 246 Å². The van der Waals surface area contributed by atoms with E-state index in [0.717, 1.165) is 27.4 Å². The first-order valence-electron chi connectivity index (χ1n) is 13.4. The van der Waals surface area contributed by atoms with E-state index in [1.165, 1.54) is 6.92 Å². The molecule has 0 aliphatic rings. The lowest BCUT2D eigenvalue weighted by Gasteiger charge is -2.26. The van der Waals surface area contributed by atoms with E-state index in [2.05, 4.69) is 38.5 Å². The van der Waals surface area contributed by atoms with Crippen LogP contribution >= 0.6 is 12.6 Å². The molecule has 2 heterocycles. The van der Waals surface area contributed by atoms with Crippen molar-refractivity contribution in [2.45, 2.75) is 50.0 Å². The second kappa shape index (κ2) is 13.6. The Morgan fingerprint density at radius 3 is 1.86 bits per heavy atom. The topological polar surface area (TPSA) is 202 Å². The van der Waals surface area contributed by atoms with E-state index in [9.17, 15) is 29.4 Å². The lowest BCUT2D eigenvalue weighted by Crippen LogP contribution is -2.60. The zero-order valence-corrected chi connectivity index (χ0v) is 23.7. The van der Waals surface area contributed by atoms with E-state index in [-0.39, 0.29) is 18.6 Å². The molecule has 9 N–H and O–H groups in total. The second-order valence-corrected chi connectivity index (χ2v) is 10.5. The van der Waals surface area contributed by atoms with Gasteiger partial charge in [0.25, 0.3) is 0 Å². The number of benzene rings is 2. The number of carbonyl (C=O) groups excluding carboxylic acids is 3. The van der Waals surface area contributed by atoms with Crippen LogP contribution in [0.4, 0.5) is 0 Å². The van der Waals surface area contributed by atoms with Gasteiger partial charge in [0.2, 0.25) is 17.7 Å². The molecule has 0 bridgehead atoms. The Morgan fingerprint density at radius 1 is 0.810 bits per heavy atom. The fourth-order valence-corrected chi connectivity index (χ4v) is 4.99. The van der Waals surface area contributed by atoms with Crippen LogP contribution in [0.5, 0.6) is 0 Å².